The maximum atomic E-state index is 12.6. The second-order valence-electron chi connectivity index (χ2n) is 5.18. The van der Waals surface area contributed by atoms with E-state index in [9.17, 15) is 4.79 Å². The number of nitrogens with zero attached hydrogens (tertiary/aromatic N) is 1. The van der Waals surface area contributed by atoms with Gasteiger partial charge in [0.2, 0.25) is 0 Å². The summed E-state index contributed by atoms with van der Waals surface area (Å²) in [7, 11) is 1.65. The lowest BCUT2D eigenvalue weighted by Crippen LogP contribution is -2.24. The first-order chi connectivity index (χ1) is 9.78. The molecule has 1 atom stereocenters. The highest BCUT2D eigenvalue weighted by atomic mass is 16.5. The van der Waals surface area contributed by atoms with Crippen molar-refractivity contribution < 1.29 is 9.53 Å². The molecule has 0 aliphatic heterocycles. The number of methoxy groups -OCH3 is 1. The van der Waals surface area contributed by atoms with Crippen LogP contribution in [0.4, 0.5) is 0 Å². The molecule has 3 heteroatoms. The predicted octanol–water partition coefficient (Wildman–Crippen LogP) is 3.08. The summed E-state index contributed by atoms with van der Waals surface area (Å²) < 4.78 is 5.22. The van der Waals surface area contributed by atoms with E-state index < -0.39 is 0 Å². The van der Waals surface area contributed by atoms with Gasteiger partial charge in [-0.25, -0.2) is 0 Å². The molecule has 20 heavy (non-hydrogen) atoms. The van der Waals surface area contributed by atoms with Crippen molar-refractivity contribution in [1.82, 2.24) is 4.98 Å². The Morgan fingerprint density at radius 1 is 1.25 bits per heavy atom. The summed E-state index contributed by atoms with van der Waals surface area (Å²) in [4.78, 5) is 16.6. The van der Waals surface area contributed by atoms with Gasteiger partial charge in [-0.15, -0.1) is 0 Å². The molecule has 0 saturated heterocycles. The van der Waals surface area contributed by atoms with E-state index in [4.69, 9.17) is 4.74 Å². The topological polar surface area (TPSA) is 39.2 Å². The Kier molecular flexibility index (Phi) is 3.50. The highest BCUT2D eigenvalue weighted by molar-refractivity contribution is 6.00. The summed E-state index contributed by atoms with van der Waals surface area (Å²) in [6.45, 7) is 0. The molecule has 3 nitrogen and oxygen atoms in total. The molecule has 0 unspecified atom stereocenters. The zero-order valence-corrected chi connectivity index (χ0v) is 11.5. The molecule has 1 aliphatic carbocycles. The first-order valence-corrected chi connectivity index (χ1v) is 6.88. The van der Waals surface area contributed by atoms with Crippen LogP contribution in [0, 0.1) is 5.92 Å². The Balaban J connectivity index is 1.82. The molecule has 2 aromatic rings. The van der Waals surface area contributed by atoms with E-state index in [1.807, 2.05) is 30.3 Å². The van der Waals surface area contributed by atoms with Crippen LogP contribution < -0.4 is 4.74 Å². The van der Waals surface area contributed by atoms with Crippen molar-refractivity contribution in [2.45, 2.75) is 19.3 Å². The van der Waals surface area contributed by atoms with Gasteiger partial charge >= 0.3 is 0 Å². The number of aromatic nitrogens is 1. The Hall–Kier alpha value is -2.16. The summed E-state index contributed by atoms with van der Waals surface area (Å²) >= 11 is 0. The van der Waals surface area contributed by atoms with Crippen LogP contribution in [0.3, 0.4) is 0 Å². The maximum Gasteiger partial charge on any atom is 0.166 e. The van der Waals surface area contributed by atoms with E-state index in [0.29, 0.717) is 0 Å². The van der Waals surface area contributed by atoms with Crippen LogP contribution in [0.15, 0.2) is 42.7 Å². The lowest BCUT2D eigenvalue weighted by Gasteiger charge is -2.23. The molecule has 0 fully saturated rings. The summed E-state index contributed by atoms with van der Waals surface area (Å²) in [6.07, 6.45) is 6.20. The third kappa shape index (κ3) is 2.44. The Morgan fingerprint density at radius 3 is 2.80 bits per heavy atom. The van der Waals surface area contributed by atoms with Crippen molar-refractivity contribution in [1.29, 1.82) is 0 Å². The second-order valence-corrected chi connectivity index (χ2v) is 5.18. The van der Waals surface area contributed by atoms with Crippen LogP contribution in [0.2, 0.25) is 0 Å². The molecule has 0 bridgehead atoms. The van der Waals surface area contributed by atoms with E-state index >= 15 is 0 Å². The third-order valence-corrected chi connectivity index (χ3v) is 3.94. The van der Waals surface area contributed by atoms with Crippen molar-refractivity contribution >= 4 is 5.78 Å². The van der Waals surface area contributed by atoms with Gasteiger partial charge in [0.05, 0.1) is 7.11 Å². The van der Waals surface area contributed by atoms with Crippen LogP contribution in [0.1, 0.15) is 27.9 Å². The average Bonchev–Trinajstić information content (AvgIpc) is 2.51. The fourth-order valence-electron chi connectivity index (χ4n) is 2.82. The summed E-state index contributed by atoms with van der Waals surface area (Å²) in [6, 6.07) is 9.71. The summed E-state index contributed by atoms with van der Waals surface area (Å²) in [5.74, 6) is 1.16. The number of ether oxygens (including phenoxy) is 1. The molecule has 1 aromatic heterocycles. The van der Waals surface area contributed by atoms with Crippen LogP contribution >= 0.6 is 0 Å². The molecule has 1 aliphatic rings. The molecule has 0 spiro atoms. The third-order valence-electron chi connectivity index (χ3n) is 3.94. The molecule has 102 valence electrons. The van der Waals surface area contributed by atoms with E-state index in [-0.39, 0.29) is 11.7 Å². The van der Waals surface area contributed by atoms with E-state index in [0.717, 1.165) is 36.1 Å². The minimum Gasteiger partial charge on any atom is -0.497 e. The average molecular weight is 267 g/mol. The van der Waals surface area contributed by atoms with Crippen molar-refractivity contribution in [3.05, 3.63) is 59.4 Å². The second kappa shape index (κ2) is 5.45. The molecule has 3 rings (SSSR count). The van der Waals surface area contributed by atoms with Gasteiger partial charge in [-0.3, -0.25) is 9.78 Å². The number of benzene rings is 1. The monoisotopic (exact) mass is 267 g/mol. The molecule has 1 aromatic carbocycles. The smallest absolute Gasteiger partial charge is 0.166 e. The van der Waals surface area contributed by atoms with Gasteiger partial charge in [0.25, 0.3) is 0 Å². The van der Waals surface area contributed by atoms with Crippen LogP contribution in [0.5, 0.6) is 5.75 Å². The fraction of sp³-hybridized carbons (Fsp3) is 0.294. The number of carbonyl (C=O) groups is 1. The zero-order valence-electron chi connectivity index (χ0n) is 11.5. The lowest BCUT2D eigenvalue weighted by atomic mass is 9.80. The Morgan fingerprint density at radius 2 is 2.05 bits per heavy atom. The van der Waals surface area contributed by atoms with Gasteiger partial charge in [-0.1, -0.05) is 0 Å². The summed E-state index contributed by atoms with van der Waals surface area (Å²) in [5.41, 5.74) is 3.15. The SMILES string of the molecule is COc1ccc2c(c1)CC[C@@H](Cc1ccncc1)C2=O. The predicted molar refractivity (Wildman–Crippen MR) is 77.1 cm³/mol. The van der Waals surface area contributed by atoms with Gasteiger partial charge in [-0.2, -0.15) is 0 Å². The van der Waals surface area contributed by atoms with Crippen LogP contribution in [-0.4, -0.2) is 17.9 Å². The quantitative estimate of drug-likeness (QED) is 0.858. The van der Waals surface area contributed by atoms with Crippen molar-refractivity contribution in [3.63, 3.8) is 0 Å². The maximum absolute atomic E-state index is 12.6. The van der Waals surface area contributed by atoms with Gasteiger partial charge < -0.3 is 4.74 Å². The first-order valence-electron chi connectivity index (χ1n) is 6.88. The van der Waals surface area contributed by atoms with E-state index in [1.54, 1.807) is 19.5 Å². The van der Waals surface area contributed by atoms with Gasteiger partial charge in [-0.05, 0) is 60.7 Å². The Bertz CT molecular complexity index is 622. The number of hydrogen-bond acceptors (Lipinski definition) is 3. The normalized spacial score (nSPS) is 17.6. The summed E-state index contributed by atoms with van der Waals surface area (Å²) in [5, 5.41) is 0. The minimum absolute atomic E-state index is 0.0818. The standard InChI is InChI=1S/C17H17NO2/c1-20-15-4-5-16-13(11-15)2-3-14(17(16)19)10-12-6-8-18-9-7-12/h4-9,11,14H,2-3,10H2,1H3/t14-/m0/s1. The van der Waals surface area contributed by atoms with Gasteiger partial charge in [0.1, 0.15) is 5.75 Å². The minimum atomic E-state index is 0.0818. The molecular formula is C17H17NO2. The van der Waals surface area contributed by atoms with Crippen molar-refractivity contribution in [2.75, 3.05) is 7.11 Å². The van der Waals surface area contributed by atoms with Crippen molar-refractivity contribution in [2.24, 2.45) is 5.92 Å². The number of fused-ring (bicyclic) bond motifs is 1. The molecule has 0 amide bonds. The lowest BCUT2D eigenvalue weighted by molar-refractivity contribution is 0.0901. The number of aryl methyl sites for hydroxylation is 1. The number of carbonyl (C=O) groups excluding carboxylic acids is 1. The zero-order chi connectivity index (χ0) is 13.9. The molecule has 0 radical (unpaired) electrons. The number of hydrogen-bond donors (Lipinski definition) is 0. The number of rotatable bonds is 3. The van der Waals surface area contributed by atoms with E-state index in [1.165, 1.54) is 5.56 Å². The van der Waals surface area contributed by atoms with Crippen molar-refractivity contribution in [3.8, 4) is 5.75 Å². The highest BCUT2D eigenvalue weighted by Crippen LogP contribution is 2.30. The molecule has 0 N–H and O–H groups in total. The van der Waals surface area contributed by atoms with Crippen LogP contribution in [0.25, 0.3) is 0 Å². The number of ketones is 1. The Labute approximate surface area is 118 Å². The largest absolute Gasteiger partial charge is 0.497 e. The molecular weight excluding hydrogens is 250 g/mol. The number of Topliss-reactive ketones (excluding diaryl/α,β-unsaturated/α-hetero) is 1. The fourth-order valence-corrected chi connectivity index (χ4v) is 2.82. The molecule has 0 saturated carbocycles. The van der Waals surface area contributed by atoms with Gasteiger partial charge in [0.15, 0.2) is 5.78 Å². The molecule has 1 heterocycles. The number of pyridine rings is 1. The van der Waals surface area contributed by atoms with Crippen LogP contribution in [-0.2, 0) is 12.8 Å². The highest BCUT2D eigenvalue weighted by Gasteiger charge is 2.27. The van der Waals surface area contributed by atoms with Gasteiger partial charge in [0, 0.05) is 23.9 Å². The first kappa shape index (κ1) is 12.9. The van der Waals surface area contributed by atoms with E-state index in [2.05, 4.69) is 4.98 Å².